The molecule has 2 rings (SSSR count). The Labute approximate surface area is 137 Å². The third-order valence-corrected chi connectivity index (χ3v) is 3.68. The van der Waals surface area contributed by atoms with Crippen molar-refractivity contribution >= 4 is 28.7 Å². The van der Waals surface area contributed by atoms with E-state index < -0.39 is 0 Å². The van der Waals surface area contributed by atoms with Crippen molar-refractivity contribution in [3.05, 3.63) is 35.9 Å². The molecule has 1 aliphatic carbocycles. The zero-order valence-electron chi connectivity index (χ0n) is 13.6. The lowest BCUT2D eigenvalue weighted by Crippen LogP contribution is -2.28. The minimum absolute atomic E-state index is 0.247. The van der Waals surface area contributed by atoms with Crippen molar-refractivity contribution in [1.82, 2.24) is 5.43 Å². The molecule has 0 saturated carbocycles. The van der Waals surface area contributed by atoms with Crippen LogP contribution >= 0.6 is 12.2 Å². The number of benzene rings is 1. The minimum Gasteiger partial charge on any atom is -0.495 e. The Morgan fingerprint density at radius 1 is 1.27 bits per heavy atom. The van der Waals surface area contributed by atoms with Crippen LogP contribution in [0.2, 0.25) is 0 Å². The van der Waals surface area contributed by atoms with Crippen LogP contribution in [0.5, 0.6) is 5.75 Å². The van der Waals surface area contributed by atoms with E-state index in [1.54, 1.807) is 7.11 Å². The van der Waals surface area contributed by atoms with Crippen molar-refractivity contribution < 1.29 is 4.74 Å². The van der Waals surface area contributed by atoms with Gasteiger partial charge in [0.05, 0.1) is 18.5 Å². The highest BCUT2D eigenvalue weighted by atomic mass is 32.1. The van der Waals surface area contributed by atoms with Crippen molar-refractivity contribution in [3.63, 3.8) is 0 Å². The number of hydrogen-bond donors (Lipinski definition) is 2. The molecule has 22 heavy (non-hydrogen) atoms. The molecule has 0 aliphatic heterocycles. The van der Waals surface area contributed by atoms with Crippen molar-refractivity contribution in [3.8, 4) is 5.75 Å². The molecule has 1 aliphatic rings. The molecule has 0 fully saturated rings. The smallest absolute Gasteiger partial charge is 0.191 e. The standard InChI is InChI=1S/C17H23N3OS/c1-12-9-13(11-17(2,3)10-12)19-20-16(22)18-14-7-5-6-8-15(14)21-4/h5-9H,10-11H2,1-4H3,(H2,18,20,22)/b19-13-. The van der Waals surface area contributed by atoms with E-state index in [0.29, 0.717) is 5.11 Å². The van der Waals surface area contributed by atoms with Gasteiger partial charge in [0.15, 0.2) is 5.11 Å². The number of hydrazone groups is 1. The van der Waals surface area contributed by atoms with Gasteiger partial charge in [-0.05, 0) is 55.6 Å². The van der Waals surface area contributed by atoms with Gasteiger partial charge in [-0.1, -0.05) is 31.6 Å². The average Bonchev–Trinajstić information content (AvgIpc) is 2.43. The Hall–Kier alpha value is -1.88. The third kappa shape index (κ3) is 4.56. The number of thiocarbonyl (C=S) groups is 1. The van der Waals surface area contributed by atoms with Crippen LogP contribution in [0.25, 0.3) is 0 Å². The molecule has 0 radical (unpaired) electrons. The first-order valence-electron chi connectivity index (χ1n) is 7.33. The minimum atomic E-state index is 0.247. The molecule has 0 atom stereocenters. The highest BCUT2D eigenvalue weighted by Gasteiger charge is 2.24. The predicted molar refractivity (Wildman–Crippen MR) is 96.6 cm³/mol. The number of ether oxygens (including phenoxy) is 1. The van der Waals surface area contributed by atoms with Gasteiger partial charge in [-0.25, -0.2) is 0 Å². The zero-order chi connectivity index (χ0) is 16.2. The summed E-state index contributed by atoms with van der Waals surface area (Å²) >= 11 is 5.29. The summed E-state index contributed by atoms with van der Waals surface area (Å²) in [5, 5.41) is 7.98. The first-order valence-corrected chi connectivity index (χ1v) is 7.74. The van der Waals surface area contributed by atoms with Gasteiger partial charge in [-0.3, -0.25) is 5.43 Å². The molecule has 1 aromatic rings. The van der Waals surface area contributed by atoms with Crippen LogP contribution in [0, 0.1) is 5.41 Å². The van der Waals surface area contributed by atoms with Crippen LogP contribution in [0.15, 0.2) is 41.0 Å². The summed E-state index contributed by atoms with van der Waals surface area (Å²) in [4.78, 5) is 0. The number of nitrogens with zero attached hydrogens (tertiary/aromatic N) is 1. The van der Waals surface area contributed by atoms with E-state index in [9.17, 15) is 0 Å². The maximum Gasteiger partial charge on any atom is 0.191 e. The number of allylic oxidation sites excluding steroid dienone is 2. The molecule has 0 unspecified atom stereocenters. The van der Waals surface area contributed by atoms with Gasteiger partial charge in [0.25, 0.3) is 0 Å². The fourth-order valence-corrected chi connectivity index (χ4v) is 2.94. The Balaban J connectivity index is 2.01. The quantitative estimate of drug-likeness (QED) is 0.651. The SMILES string of the molecule is COc1ccccc1NC(=S)N/N=C1/C=C(C)CC(C)(C)C1. The number of para-hydroxylation sites is 2. The second-order valence-electron chi connectivity index (χ2n) is 6.38. The lowest BCUT2D eigenvalue weighted by Gasteiger charge is -2.29. The number of anilines is 1. The molecule has 0 saturated heterocycles. The van der Waals surface area contributed by atoms with Crippen LogP contribution in [-0.2, 0) is 0 Å². The molecule has 0 amide bonds. The highest BCUT2D eigenvalue weighted by molar-refractivity contribution is 7.80. The lowest BCUT2D eigenvalue weighted by atomic mass is 9.77. The monoisotopic (exact) mass is 317 g/mol. The lowest BCUT2D eigenvalue weighted by molar-refractivity contribution is 0.373. The Morgan fingerprint density at radius 3 is 2.68 bits per heavy atom. The molecule has 118 valence electrons. The molecule has 0 heterocycles. The summed E-state index contributed by atoms with van der Waals surface area (Å²) in [6.07, 6.45) is 4.18. The number of hydrogen-bond acceptors (Lipinski definition) is 3. The van der Waals surface area contributed by atoms with Gasteiger partial charge < -0.3 is 10.1 Å². The molecule has 0 bridgehead atoms. The summed E-state index contributed by atoms with van der Waals surface area (Å²) in [5.41, 5.74) is 6.36. The van der Waals surface area contributed by atoms with E-state index in [4.69, 9.17) is 17.0 Å². The molecule has 0 spiro atoms. The van der Waals surface area contributed by atoms with E-state index in [2.05, 4.69) is 42.7 Å². The molecule has 1 aromatic carbocycles. The Bertz CT molecular complexity index is 620. The van der Waals surface area contributed by atoms with Gasteiger partial charge in [-0.2, -0.15) is 5.10 Å². The van der Waals surface area contributed by atoms with Crippen LogP contribution in [0.3, 0.4) is 0 Å². The number of nitrogens with one attached hydrogen (secondary N) is 2. The fourth-order valence-electron chi connectivity index (χ4n) is 2.79. The Kier molecular flexibility index (Phi) is 5.19. The molecular weight excluding hydrogens is 294 g/mol. The van der Waals surface area contributed by atoms with Crippen LogP contribution in [0.4, 0.5) is 5.69 Å². The van der Waals surface area contributed by atoms with Gasteiger partial charge in [0, 0.05) is 0 Å². The molecule has 2 N–H and O–H groups in total. The maximum absolute atomic E-state index is 5.29. The molecule has 5 heteroatoms. The van der Waals surface area contributed by atoms with Gasteiger partial charge >= 0.3 is 0 Å². The van der Waals surface area contributed by atoms with E-state index in [1.165, 1.54) is 5.57 Å². The largest absolute Gasteiger partial charge is 0.495 e. The van der Waals surface area contributed by atoms with Crippen LogP contribution < -0.4 is 15.5 Å². The highest BCUT2D eigenvalue weighted by Crippen LogP contribution is 2.33. The topological polar surface area (TPSA) is 45.6 Å². The fraction of sp³-hybridized carbons (Fsp3) is 0.412. The average molecular weight is 317 g/mol. The van der Waals surface area contributed by atoms with Crippen molar-refractivity contribution in [1.29, 1.82) is 0 Å². The summed E-state index contributed by atoms with van der Waals surface area (Å²) in [7, 11) is 1.63. The van der Waals surface area contributed by atoms with Gasteiger partial charge in [-0.15, -0.1) is 0 Å². The number of methoxy groups -OCH3 is 1. The van der Waals surface area contributed by atoms with Crippen LogP contribution in [-0.4, -0.2) is 17.9 Å². The second-order valence-corrected chi connectivity index (χ2v) is 6.79. The summed E-state index contributed by atoms with van der Waals surface area (Å²) in [6, 6.07) is 7.63. The van der Waals surface area contributed by atoms with Crippen molar-refractivity contribution in [2.75, 3.05) is 12.4 Å². The first kappa shape index (κ1) is 16.5. The van der Waals surface area contributed by atoms with E-state index in [-0.39, 0.29) is 5.41 Å². The third-order valence-electron chi connectivity index (χ3n) is 3.49. The second kappa shape index (κ2) is 6.92. The van der Waals surface area contributed by atoms with Crippen molar-refractivity contribution in [2.45, 2.75) is 33.6 Å². The van der Waals surface area contributed by atoms with E-state index in [1.807, 2.05) is 24.3 Å². The first-order chi connectivity index (χ1) is 10.4. The van der Waals surface area contributed by atoms with Gasteiger partial charge in [0.2, 0.25) is 0 Å². The molecule has 0 aromatic heterocycles. The summed E-state index contributed by atoms with van der Waals surface area (Å²) in [5.74, 6) is 0.744. The summed E-state index contributed by atoms with van der Waals surface area (Å²) in [6.45, 7) is 6.65. The number of rotatable bonds is 3. The van der Waals surface area contributed by atoms with Crippen LogP contribution in [0.1, 0.15) is 33.6 Å². The van der Waals surface area contributed by atoms with Gasteiger partial charge in [0.1, 0.15) is 5.75 Å². The zero-order valence-corrected chi connectivity index (χ0v) is 14.4. The maximum atomic E-state index is 5.29. The van der Waals surface area contributed by atoms with E-state index in [0.717, 1.165) is 30.0 Å². The Morgan fingerprint density at radius 2 is 2.00 bits per heavy atom. The normalized spacial score (nSPS) is 18.5. The summed E-state index contributed by atoms with van der Waals surface area (Å²) < 4.78 is 5.29. The molecule has 4 nitrogen and oxygen atoms in total. The van der Waals surface area contributed by atoms with Crippen molar-refractivity contribution in [2.24, 2.45) is 10.5 Å². The predicted octanol–water partition coefficient (Wildman–Crippen LogP) is 4.10. The van der Waals surface area contributed by atoms with E-state index >= 15 is 0 Å². The molecular formula is C17H23N3OS.